The smallest absolute Gasteiger partial charge is 0.408 e. The molecule has 0 radical (unpaired) electrons. The molecule has 0 bridgehead atoms. The largest absolute Gasteiger partial charge is 0.444 e. The maximum absolute atomic E-state index is 13.6. The monoisotopic (exact) mass is 441 g/mol. The maximum atomic E-state index is 13.6. The number of likely N-dealkylation sites (tertiary alicyclic amines) is 1. The van der Waals surface area contributed by atoms with Gasteiger partial charge in [-0.15, -0.1) is 0 Å². The Labute approximate surface area is 189 Å². The van der Waals surface area contributed by atoms with Crippen molar-refractivity contribution in [3.05, 3.63) is 36.0 Å². The molecule has 1 aromatic heterocycles. The van der Waals surface area contributed by atoms with Gasteiger partial charge in [0.1, 0.15) is 11.6 Å². The van der Waals surface area contributed by atoms with E-state index in [1.54, 1.807) is 20.8 Å². The van der Waals surface area contributed by atoms with Gasteiger partial charge in [-0.2, -0.15) is 0 Å². The Morgan fingerprint density at radius 3 is 2.84 bits per heavy atom. The summed E-state index contributed by atoms with van der Waals surface area (Å²) < 4.78 is 5.45. The van der Waals surface area contributed by atoms with Crippen LogP contribution in [0.15, 0.2) is 30.5 Å². The number of hydrogen-bond donors (Lipinski definition) is 3. The zero-order valence-electron chi connectivity index (χ0n) is 19.3. The van der Waals surface area contributed by atoms with Gasteiger partial charge in [0.15, 0.2) is 0 Å². The number of aromatic amines is 1. The van der Waals surface area contributed by atoms with E-state index in [1.807, 2.05) is 35.4 Å². The van der Waals surface area contributed by atoms with E-state index < -0.39 is 23.3 Å². The summed E-state index contributed by atoms with van der Waals surface area (Å²) in [5, 5.41) is 14.9. The van der Waals surface area contributed by atoms with Crippen molar-refractivity contribution in [2.24, 2.45) is 5.92 Å². The topological polar surface area (TPSA) is 94.7 Å². The van der Waals surface area contributed by atoms with Gasteiger partial charge in [-0.3, -0.25) is 4.79 Å². The summed E-state index contributed by atoms with van der Waals surface area (Å²) in [5.74, 6) is -0.0158. The summed E-state index contributed by atoms with van der Waals surface area (Å²) in [6.45, 7) is 6.45. The van der Waals surface area contributed by atoms with Crippen LogP contribution in [0.5, 0.6) is 0 Å². The number of para-hydroxylation sites is 1. The molecule has 2 aromatic rings. The fourth-order valence-electron chi connectivity index (χ4n) is 5.16. The van der Waals surface area contributed by atoms with Crippen molar-refractivity contribution in [3.63, 3.8) is 0 Å². The lowest BCUT2D eigenvalue weighted by Crippen LogP contribution is -2.58. The Hall–Kier alpha value is -2.54. The van der Waals surface area contributed by atoms with Crippen molar-refractivity contribution in [3.8, 4) is 0 Å². The number of rotatable bonds is 4. The number of benzene rings is 1. The van der Waals surface area contributed by atoms with Crippen LogP contribution >= 0.6 is 0 Å². The SMILES string of the molecule is CC(C)(C)OC(=O)N[C@@H](Cc1c[nH]c2ccccc12)C(=O)N1CCC2(O)CCCCC2C1. The summed E-state index contributed by atoms with van der Waals surface area (Å²) in [6, 6.07) is 7.19. The summed E-state index contributed by atoms with van der Waals surface area (Å²) in [7, 11) is 0. The van der Waals surface area contributed by atoms with E-state index in [0.717, 1.165) is 42.1 Å². The van der Waals surface area contributed by atoms with Crippen LogP contribution in [0.3, 0.4) is 0 Å². The van der Waals surface area contributed by atoms with Crippen molar-refractivity contribution < 1.29 is 19.4 Å². The van der Waals surface area contributed by atoms with E-state index in [0.29, 0.717) is 25.9 Å². The van der Waals surface area contributed by atoms with Crippen LogP contribution < -0.4 is 5.32 Å². The quantitative estimate of drug-likeness (QED) is 0.673. The number of nitrogens with zero attached hydrogens (tertiary/aromatic N) is 1. The third kappa shape index (κ3) is 4.93. The van der Waals surface area contributed by atoms with E-state index in [4.69, 9.17) is 4.74 Å². The molecule has 2 heterocycles. The van der Waals surface area contributed by atoms with Gasteiger partial charge >= 0.3 is 6.09 Å². The average Bonchev–Trinajstić information content (AvgIpc) is 3.13. The number of nitrogens with one attached hydrogen (secondary N) is 2. The lowest BCUT2D eigenvalue weighted by molar-refractivity contribution is -0.145. The number of hydrogen-bond acceptors (Lipinski definition) is 4. The first kappa shape index (κ1) is 22.6. The van der Waals surface area contributed by atoms with E-state index in [9.17, 15) is 14.7 Å². The number of aromatic nitrogens is 1. The molecule has 32 heavy (non-hydrogen) atoms. The molecule has 1 aromatic carbocycles. The van der Waals surface area contributed by atoms with Crippen LogP contribution in [-0.2, 0) is 16.0 Å². The number of ether oxygens (including phenoxy) is 1. The number of alkyl carbamates (subject to hydrolysis) is 1. The zero-order valence-corrected chi connectivity index (χ0v) is 19.3. The second-order valence-corrected chi connectivity index (χ2v) is 10.3. The molecule has 3 N–H and O–H groups in total. The van der Waals surface area contributed by atoms with Crippen LogP contribution in [0.2, 0.25) is 0 Å². The van der Waals surface area contributed by atoms with Gasteiger partial charge in [0, 0.05) is 42.5 Å². The van der Waals surface area contributed by atoms with Gasteiger partial charge < -0.3 is 25.0 Å². The van der Waals surface area contributed by atoms with Crippen molar-refractivity contribution in [2.45, 2.75) is 76.5 Å². The molecule has 3 atom stereocenters. The van der Waals surface area contributed by atoms with Crippen LogP contribution in [0.25, 0.3) is 10.9 Å². The number of amides is 2. The first-order valence-corrected chi connectivity index (χ1v) is 11.7. The summed E-state index contributed by atoms with van der Waals surface area (Å²) in [5.41, 5.74) is 0.666. The van der Waals surface area contributed by atoms with Gasteiger partial charge in [0.2, 0.25) is 5.91 Å². The fraction of sp³-hybridized carbons (Fsp3) is 0.600. The summed E-state index contributed by atoms with van der Waals surface area (Å²) in [4.78, 5) is 31.2. The number of H-pyrrole nitrogens is 1. The minimum atomic E-state index is -0.737. The molecule has 7 nitrogen and oxygen atoms in total. The molecule has 0 spiro atoms. The van der Waals surface area contributed by atoms with Gasteiger partial charge in [-0.25, -0.2) is 4.79 Å². The molecular formula is C25H35N3O4. The van der Waals surface area contributed by atoms with E-state index in [1.165, 1.54) is 0 Å². The third-order valence-electron chi connectivity index (χ3n) is 6.83. The number of carbonyl (C=O) groups excluding carboxylic acids is 2. The predicted molar refractivity (Wildman–Crippen MR) is 123 cm³/mol. The molecule has 2 aliphatic rings. The Balaban J connectivity index is 1.54. The number of carbonyl (C=O) groups is 2. The Morgan fingerprint density at radius 2 is 2.06 bits per heavy atom. The standard InChI is InChI=1S/C25H35N3O4/c1-24(2,3)32-23(30)27-21(14-17-15-26-20-10-5-4-9-19(17)20)22(29)28-13-12-25(31)11-7-6-8-18(25)16-28/h4-5,9-10,15,18,21,26,31H,6-8,11-14,16H2,1-3H3,(H,27,30)/t18?,21-,25?/m0/s1. The lowest BCUT2D eigenvalue weighted by atomic mass is 9.71. The minimum Gasteiger partial charge on any atom is -0.444 e. The predicted octanol–water partition coefficient (Wildman–Crippen LogP) is 3.76. The molecular weight excluding hydrogens is 406 g/mol. The Bertz CT molecular complexity index is 979. The molecule has 1 saturated carbocycles. The minimum absolute atomic E-state index is 0.101. The maximum Gasteiger partial charge on any atom is 0.408 e. The molecule has 1 aliphatic heterocycles. The number of aliphatic hydroxyl groups is 1. The highest BCUT2D eigenvalue weighted by Gasteiger charge is 2.44. The average molecular weight is 442 g/mol. The molecule has 2 amide bonds. The van der Waals surface area contributed by atoms with Crippen LogP contribution in [0, 0.1) is 5.92 Å². The first-order valence-electron chi connectivity index (χ1n) is 11.7. The van der Waals surface area contributed by atoms with Crippen molar-refractivity contribution in [1.29, 1.82) is 0 Å². The van der Waals surface area contributed by atoms with Crippen LogP contribution in [0.1, 0.15) is 58.4 Å². The van der Waals surface area contributed by atoms with Gasteiger partial charge in [0.05, 0.1) is 5.60 Å². The number of fused-ring (bicyclic) bond motifs is 2. The molecule has 2 fully saturated rings. The van der Waals surface area contributed by atoms with Crippen molar-refractivity contribution in [2.75, 3.05) is 13.1 Å². The van der Waals surface area contributed by atoms with Crippen molar-refractivity contribution in [1.82, 2.24) is 15.2 Å². The molecule has 1 saturated heterocycles. The van der Waals surface area contributed by atoms with Gasteiger partial charge in [-0.05, 0) is 51.7 Å². The van der Waals surface area contributed by atoms with E-state index in [2.05, 4.69) is 10.3 Å². The molecule has 174 valence electrons. The van der Waals surface area contributed by atoms with E-state index >= 15 is 0 Å². The summed E-state index contributed by atoms with van der Waals surface area (Å²) in [6.07, 6.45) is 6.15. The van der Waals surface area contributed by atoms with Gasteiger partial charge in [-0.1, -0.05) is 31.0 Å². The molecule has 4 rings (SSSR count). The number of piperidine rings is 1. The highest BCUT2D eigenvalue weighted by atomic mass is 16.6. The fourth-order valence-corrected chi connectivity index (χ4v) is 5.16. The second-order valence-electron chi connectivity index (χ2n) is 10.3. The Kier molecular flexibility index (Phi) is 6.21. The van der Waals surface area contributed by atoms with Gasteiger partial charge in [0.25, 0.3) is 0 Å². The second kappa shape index (κ2) is 8.77. The molecule has 2 unspecified atom stereocenters. The van der Waals surface area contributed by atoms with E-state index in [-0.39, 0.29) is 11.8 Å². The highest BCUT2D eigenvalue weighted by Crippen LogP contribution is 2.40. The highest BCUT2D eigenvalue weighted by molar-refractivity contribution is 5.88. The first-order chi connectivity index (χ1) is 15.1. The summed E-state index contributed by atoms with van der Waals surface area (Å²) >= 11 is 0. The van der Waals surface area contributed by atoms with Crippen molar-refractivity contribution >= 4 is 22.9 Å². The molecule has 7 heteroatoms. The normalized spacial score (nSPS) is 24.6. The zero-order chi connectivity index (χ0) is 22.9. The molecule has 1 aliphatic carbocycles. The Morgan fingerprint density at radius 1 is 1.28 bits per heavy atom. The van der Waals surface area contributed by atoms with Crippen LogP contribution in [-0.4, -0.2) is 57.3 Å². The van der Waals surface area contributed by atoms with Crippen LogP contribution in [0.4, 0.5) is 4.79 Å². The lowest BCUT2D eigenvalue weighted by Gasteiger charge is -2.48. The third-order valence-corrected chi connectivity index (χ3v) is 6.83.